The van der Waals surface area contributed by atoms with Gasteiger partial charge in [-0.25, -0.2) is 0 Å². The van der Waals surface area contributed by atoms with E-state index in [1.54, 1.807) is 0 Å². The Morgan fingerprint density at radius 1 is 1.00 bits per heavy atom. The van der Waals surface area contributed by atoms with Crippen LogP contribution in [0.15, 0.2) is 24.3 Å². The van der Waals surface area contributed by atoms with Crippen LogP contribution in [0.25, 0.3) is 0 Å². The van der Waals surface area contributed by atoms with Gasteiger partial charge in [0, 0.05) is 45.9 Å². The molecule has 3 N–H and O–H groups in total. The number of ether oxygens (including phenoxy) is 2. The lowest BCUT2D eigenvalue weighted by Crippen LogP contribution is -2.48. The van der Waals surface area contributed by atoms with Crippen molar-refractivity contribution in [3.05, 3.63) is 35.4 Å². The van der Waals surface area contributed by atoms with Crippen LogP contribution in [0.2, 0.25) is 0 Å². The van der Waals surface area contributed by atoms with E-state index < -0.39 is 5.41 Å². The van der Waals surface area contributed by atoms with Crippen LogP contribution in [0.4, 0.5) is 0 Å². The molecular formula is C19H31Cl2N3O3. The molecule has 154 valence electrons. The van der Waals surface area contributed by atoms with Crippen molar-refractivity contribution in [2.75, 3.05) is 46.1 Å². The smallest absolute Gasteiger partial charge is 0.227 e. The number of benzene rings is 1. The lowest BCUT2D eigenvalue weighted by atomic mass is 9.79. The molecule has 1 aromatic rings. The molecule has 0 bridgehead atoms. The van der Waals surface area contributed by atoms with Crippen molar-refractivity contribution in [2.24, 2.45) is 11.1 Å². The van der Waals surface area contributed by atoms with Gasteiger partial charge in [0.25, 0.3) is 0 Å². The first-order chi connectivity index (χ1) is 12.2. The fourth-order valence-electron chi connectivity index (χ4n) is 3.44. The van der Waals surface area contributed by atoms with Crippen LogP contribution < -0.4 is 11.1 Å². The van der Waals surface area contributed by atoms with E-state index in [1.807, 2.05) is 0 Å². The minimum absolute atomic E-state index is 0. The summed E-state index contributed by atoms with van der Waals surface area (Å²) in [7, 11) is 0. The van der Waals surface area contributed by atoms with E-state index >= 15 is 0 Å². The van der Waals surface area contributed by atoms with Crippen LogP contribution >= 0.6 is 24.8 Å². The average molecular weight is 420 g/mol. The fourth-order valence-corrected chi connectivity index (χ4v) is 3.44. The summed E-state index contributed by atoms with van der Waals surface area (Å²) in [6, 6.07) is 8.47. The molecule has 3 rings (SSSR count). The third kappa shape index (κ3) is 6.59. The molecule has 2 aliphatic heterocycles. The van der Waals surface area contributed by atoms with E-state index in [0.717, 1.165) is 38.4 Å². The van der Waals surface area contributed by atoms with E-state index in [4.69, 9.17) is 15.2 Å². The van der Waals surface area contributed by atoms with Crippen molar-refractivity contribution in [1.82, 2.24) is 10.2 Å². The number of hydrogen-bond donors (Lipinski definition) is 2. The summed E-state index contributed by atoms with van der Waals surface area (Å²) < 4.78 is 10.7. The Bertz CT molecular complexity index is 560. The molecule has 8 heteroatoms. The summed E-state index contributed by atoms with van der Waals surface area (Å²) >= 11 is 0. The van der Waals surface area contributed by atoms with Crippen LogP contribution in [-0.2, 0) is 27.4 Å². The van der Waals surface area contributed by atoms with E-state index in [-0.39, 0.29) is 30.7 Å². The maximum absolute atomic E-state index is 12.6. The Morgan fingerprint density at radius 2 is 1.56 bits per heavy atom. The van der Waals surface area contributed by atoms with Crippen LogP contribution in [0.5, 0.6) is 0 Å². The number of nitrogens with two attached hydrogens (primary N) is 1. The number of nitrogens with zero attached hydrogens (tertiary/aromatic N) is 1. The Morgan fingerprint density at radius 3 is 2.15 bits per heavy atom. The fraction of sp³-hybridized carbons (Fsp3) is 0.632. The molecule has 1 aromatic carbocycles. The Kier molecular flexibility index (Phi) is 10.6. The highest BCUT2D eigenvalue weighted by atomic mass is 35.5. The number of carbonyl (C=O) groups is 1. The van der Waals surface area contributed by atoms with Gasteiger partial charge in [-0.05, 0) is 24.0 Å². The quantitative estimate of drug-likeness (QED) is 0.733. The number of rotatable bonds is 6. The molecule has 0 aromatic heterocycles. The van der Waals surface area contributed by atoms with Crippen LogP contribution in [0, 0.1) is 5.41 Å². The van der Waals surface area contributed by atoms with Crippen molar-refractivity contribution in [1.29, 1.82) is 0 Å². The predicted molar refractivity (Wildman–Crippen MR) is 110 cm³/mol. The molecular weight excluding hydrogens is 389 g/mol. The lowest BCUT2D eigenvalue weighted by molar-refractivity contribution is -0.136. The first-order valence-corrected chi connectivity index (χ1v) is 9.16. The third-order valence-electron chi connectivity index (χ3n) is 5.31. The molecule has 0 atom stereocenters. The summed E-state index contributed by atoms with van der Waals surface area (Å²) in [4.78, 5) is 15.0. The van der Waals surface area contributed by atoms with Crippen LogP contribution in [-0.4, -0.2) is 56.9 Å². The highest BCUT2D eigenvalue weighted by molar-refractivity contribution is 5.85. The molecule has 1 amide bonds. The Hall–Kier alpha value is -0.890. The number of nitrogens with one attached hydrogen (secondary N) is 1. The lowest BCUT2D eigenvalue weighted by Gasteiger charge is -2.34. The van der Waals surface area contributed by atoms with Gasteiger partial charge in [0.05, 0.1) is 18.6 Å². The zero-order chi connectivity index (χ0) is 17.5. The SMILES string of the molecule is Cl.Cl.NCC1(C(=O)NCc2ccc(CN3CCOCC3)cc2)CCOCC1. The Balaban J connectivity index is 0.00000182. The minimum Gasteiger partial charge on any atom is -0.381 e. The second kappa shape index (κ2) is 11.8. The van der Waals surface area contributed by atoms with Crippen molar-refractivity contribution in [3.8, 4) is 0 Å². The second-order valence-corrected chi connectivity index (χ2v) is 6.98. The van der Waals surface area contributed by atoms with Gasteiger partial charge in [-0.3, -0.25) is 9.69 Å². The molecule has 0 radical (unpaired) electrons. The van der Waals surface area contributed by atoms with Gasteiger partial charge in [-0.2, -0.15) is 0 Å². The summed E-state index contributed by atoms with van der Waals surface area (Å²) in [5.41, 5.74) is 7.82. The molecule has 2 fully saturated rings. The predicted octanol–water partition coefficient (Wildman–Crippen LogP) is 1.73. The van der Waals surface area contributed by atoms with Crippen LogP contribution in [0.3, 0.4) is 0 Å². The molecule has 6 nitrogen and oxygen atoms in total. The third-order valence-corrected chi connectivity index (χ3v) is 5.31. The number of morpholine rings is 1. The molecule has 2 heterocycles. The topological polar surface area (TPSA) is 76.8 Å². The largest absolute Gasteiger partial charge is 0.381 e. The first kappa shape index (κ1) is 24.1. The molecule has 2 aliphatic rings. The zero-order valence-electron chi connectivity index (χ0n) is 15.7. The van der Waals surface area contributed by atoms with Gasteiger partial charge in [0.1, 0.15) is 0 Å². The van der Waals surface area contributed by atoms with E-state index in [0.29, 0.717) is 39.1 Å². The van der Waals surface area contributed by atoms with Crippen LogP contribution in [0.1, 0.15) is 24.0 Å². The monoisotopic (exact) mass is 419 g/mol. The van der Waals surface area contributed by atoms with Gasteiger partial charge in [-0.1, -0.05) is 24.3 Å². The van der Waals surface area contributed by atoms with Gasteiger partial charge >= 0.3 is 0 Å². The van der Waals surface area contributed by atoms with Gasteiger partial charge in [0.15, 0.2) is 0 Å². The molecule has 0 aliphatic carbocycles. The maximum atomic E-state index is 12.6. The zero-order valence-corrected chi connectivity index (χ0v) is 17.3. The van der Waals surface area contributed by atoms with Gasteiger partial charge in [-0.15, -0.1) is 24.8 Å². The average Bonchev–Trinajstić information content (AvgIpc) is 2.68. The number of carbonyl (C=O) groups excluding carboxylic acids is 1. The molecule has 2 saturated heterocycles. The number of halogens is 2. The molecule has 27 heavy (non-hydrogen) atoms. The number of hydrogen-bond acceptors (Lipinski definition) is 5. The summed E-state index contributed by atoms with van der Waals surface area (Å²) in [6.45, 7) is 6.70. The van der Waals surface area contributed by atoms with Gasteiger partial charge < -0.3 is 20.5 Å². The van der Waals surface area contributed by atoms with Crippen molar-refractivity contribution < 1.29 is 14.3 Å². The Labute approximate surface area is 174 Å². The van der Waals surface area contributed by atoms with Crippen molar-refractivity contribution in [3.63, 3.8) is 0 Å². The van der Waals surface area contributed by atoms with Crippen molar-refractivity contribution >= 4 is 30.7 Å². The van der Waals surface area contributed by atoms with E-state index in [1.165, 1.54) is 5.56 Å². The highest BCUT2D eigenvalue weighted by Crippen LogP contribution is 2.29. The molecule has 0 saturated carbocycles. The first-order valence-electron chi connectivity index (χ1n) is 9.16. The maximum Gasteiger partial charge on any atom is 0.227 e. The summed E-state index contributed by atoms with van der Waals surface area (Å²) in [5, 5.41) is 3.06. The number of amides is 1. The highest BCUT2D eigenvalue weighted by Gasteiger charge is 2.38. The van der Waals surface area contributed by atoms with Gasteiger partial charge in [0.2, 0.25) is 5.91 Å². The van der Waals surface area contributed by atoms with Crippen molar-refractivity contribution in [2.45, 2.75) is 25.9 Å². The summed E-state index contributed by atoms with van der Waals surface area (Å²) in [6.07, 6.45) is 1.40. The molecule has 0 unspecified atom stereocenters. The minimum atomic E-state index is -0.464. The standard InChI is InChI=1S/C19H29N3O3.2ClH/c20-15-19(5-9-24-10-6-19)18(23)21-13-16-1-3-17(4-2-16)14-22-7-11-25-12-8-22;;/h1-4H,5-15,20H2,(H,21,23);2*1H. The normalized spacial score (nSPS) is 19.4. The van der Waals surface area contributed by atoms with E-state index in [2.05, 4.69) is 34.5 Å². The van der Waals surface area contributed by atoms with E-state index in [9.17, 15) is 4.79 Å². The molecule has 0 spiro atoms. The summed E-state index contributed by atoms with van der Waals surface area (Å²) in [5.74, 6) is 0.0516. The second-order valence-electron chi connectivity index (χ2n) is 6.98.